The third kappa shape index (κ3) is 2.92. The summed E-state index contributed by atoms with van der Waals surface area (Å²) in [5.41, 5.74) is 7.10. The van der Waals surface area contributed by atoms with Crippen LogP contribution in [0.15, 0.2) is 45.9 Å². The first-order valence-electron chi connectivity index (χ1n) is 6.30. The van der Waals surface area contributed by atoms with Gasteiger partial charge in [0.05, 0.1) is 17.2 Å². The van der Waals surface area contributed by atoms with Gasteiger partial charge in [-0.2, -0.15) is 0 Å². The number of nitrogens with one attached hydrogen (secondary N) is 1. The van der Waals surface area contributed by atoms with Gasteiger partial charge in [-0.1, -0.05) is 12.1 Å². The molecule has 0 aliphatic carbocycles. The van der Waals surface area contributed by atoms with Crippen LogP contribution in [-0.4, -0.2) is 8.42 Å². The van der Waals surface area contributed by atoms with Gasteiger partial charge in [-0.15, -0.1) is 0 Å². The van der Waals surface area contributed by atoms with Crippen molar-refractivity contribution in [3.63, 3.8) is 0 Å². The van der Waals surface area contributed by atoms with Crippen LogP contribution in [0.2, 0.25) is 0 Å². The zero-order chi connectivity index (χ0) is 14.8. The normalized spacial score (nSPS) is 13.3. The van der Waals surface area contributed by atoms with Gasteiger partial charge in [-0.05, 0) is 43.2 Å². The Balaban J connectivity index is 2.31. The van der Waals surface area contributed by atoms with Gasteiger partial charge >= 0.3 is 0 Å². The van der Waals surface area contributed by atoms with E-state index in [4.69, 9.17) is 10.2 Å². The number of rotatable bonds is 5. The third-order valence-electron chi connectivity index (χ3n) is 3.21. The summed E-state index contributed by atoms with van der Waals surface area (Å²) in [4.78, 5) is 0.249. The Morgan fingerprint density at radius 1 is 1.30 bits per heavy atom. The van der Waals surface area contributed by atoms with Gasteiger partial charge in [-0.3, -0.25) is 0 Å². The van der Waals surface area contributed by atoms with E-state index in [1.54, 1.807) is 38.1 Å². The van der Waals surface area contributed by atoms with Crippen LogP contribution in [0.1, 0.15) is 29.9 Å². The second-order valence-electron chi connectivity index (χ2n) is 4.60. The summed E-state index contributed by atoms with van der Waals surface area (Å²) in [5, 5.41) is 0. The molecule has 20 heavy (non-hydrogen) atoms. The average Bonchev–Trinajstić information content (AvgIpc) is 2.92. The zero-order valence-electron chi connectivity index (χ0n) is 11.5. The predicted octanol–water partition coefficient (Wildman–Crippen LogP) is 2.09. The molecule has 0 saturated heterocycles. The number of furan rings is 1. The molecule has 0 radical (unpaired) electrons. The van der Waals surface area contributed by atoms with E-state index in [2.05, 4.69) is 4.72 Å². The molecule has 6 heteroatoms. The largest absolute Gasteiger partial charge is 0.468 e. The minimum atomic E-state index is -3.61. The van der Waals surface area contributed by atoms with Crippen molar-refractivity contribution in [2.45, 2.75) is 31.3 Å². The molecule has 0 fully saturated rings. The topological polar surface area (TPSA) is 85.3 Å². The van der Waals surface area contributed by atoms with E-state index >= 15 is 0 Å². The highest BCUT2D eigenvalue weighted by Gasteiger charge is 2.22. The molecular weight excluding hydrogens is 276 g/mol. The van der Waals surface area contributed by atoms with E-state index in [1.807, 2.05) is 6.07 Å². The molecule has 0 aliphatic heterocycles. The van der Waals surface area contributed by atoms with E-state index in [0.717, 1.165) is 5.56 Å². The van der Waals surface area contributed by atoms with Crippen LogP contribution in [-0.2, 0) is 16.6 Å². The monoisotopic (exact) mass is 294 g/mol. The van der Waals surface area contributed by atoms with Crippen molar-refractivity contribution in [2.75, 3.05) is 0 Å². The fraction of sp³-hybridized carbons (Fsp3) is 0.286. The maximum atomic E-state index is 12.4. The molecule has 1 aromatic heterocycles. The average molecular weight is 294 g/mol. The molecule has 1 unspecified atom stereocenters. The molecule has 5 nitrogen and oxygen atoms in total. The molecule has 0 amide bonds. The van der Waals surface area contributed by atoms with Crippen molar-refractivity contribution < 1.29 is 12.8 Å². The van der Waals surface area contributed by atoms with Crippen LogP contribution < -0.4 is 10.5 Å². The molecule has 108 valence electrons. The van der Waals surface area contributed by atoms with Crippen molar-refractivity contribution in [1.29, 1.82) is 0 Å². The minimum Gasteiger partial charge on any atom is -0.468 e. The molecule has 1 aromatic carbocycles. The predicted molar refractivity (Wildman–Crippen MR) is 76.5 cm³/mol. The fourth-order valence-electron chi connectivity index (χ4n) is 2.06. The first kappa shape index (κ1) is 14.8. The van der Waals surface area contributed by atoms with E-state index in [9.17, 15) is 8.42 Å². The Kier molecular flexibility index (Phi) is 4.27. The van der Waals surface area contributed by atoms with Gasteiger partial charge in [-0.25, -0.2) is 13.1 Å². The molecular formula is C14H18N2O3S. The van der Waals surface area contributed by atoms with Crippen LogP contribution >= 0.6 is 0 Å². The minimum absolute atomic E-state index is 0.249. The number of hydrogen-bond donors (Lipinski definition) is 2. The lowest BCUT2D eigenvalue weighted by atomic mass is 10.1. The molecule has 2 rings (SSSR count). The van der Waals surface area contributed by atoms with E-state index in [0.29, 0.717) is 17.9 Å². The van der Waals surface area contributed by atoms with Gasteiger partial charge in [0.15, 0.2) is 0 Å². The lowest BCUT2D eigenvalue weighted by molar-refractivity contribution is 0.459. The number of benzene rings is 1. The van der Waals surface area contributed by atoms with Crippen LogP contribution in [0, 0.1) is 6.92 Å². The van der Waals surface area contributed by atoms with Gasteiger partial charge in [0, 0.05) is 6.54 Å². The molecule has 1 atom stereocenters. The van der Waals surface area contributed by atoms with Crippen molar-refractivity contribution >= 4 is 10.0 Å². The Morgan fingerprint density at radius 2 is 2.05 bits per heavy atom. The summed E-state index contributed by atoms with van der Waals surface area (Å²) < 4.78 is 32.7. The standard InChI is InChI=1S/C14H18N2O3S/c1-10-12(9-15)5-3-7-14(10)20(17,18)16-11(2)13-6-4-8-19-13/h3-8,11,16H,9,15H2,1-2H3. The second kappa shape index (κ2) is 5.78. The molecule has 1 heterocycles. The smallest absolute Gasteiger partial charge is 0.241 e. The van der Waals surface area contributed by atoms with Crippen molar-refractivity contribution in [3.8, 4) is 0 Å². The Hall–Kier alpha value is -1.63. The number of sulfonamides is 1. The van der Waals surface area contributed by atoms with E-state index in [1.165, 1.54) is 6.26 Å². The summed E-state index contributed by atoms with van der Waals surface area (Å²) >= 11 is 0. The fourth-order valence-corrected chi connectivity index (χ4v) is 3.56. The zero-order valence-corrected chi connectivity index (χ0v) is 12.3. The van der Waals surface area contributed by atoms with Crippen LogP contribution in [0.5, 0.6) is 0 Å². The van der Waals surface area contributed by atoms with Gasteiger partial charge in [0.2, 0.25) is 10.0 Å². The highest BCUT2D eigenvalue weighted by atomic mass is 32.2. The molecule has 0 spiro atoms. The number of nitrogens with two attached hydrogens (primary N) is 1. The van der Waals surface area contributed by atoms with Crippen molar-refractivity contribution in [2.24, 2.45) is 5.73 Å². The lowest BCUT2D eigenvalue weighted by Crippen LogP contribution is -2.27. The number of hydrogen-bond acceptors (Lipinski definition) is 4. The Morgan fingerprint density at radius 3 is 2.65 bits per heavy atom. The molecule has 0 saturated carbocycles. The molecule has 3 N–H and O–H groups in total. The SMILES string of the molecule is Cc1c(CN)cccc1S(=O)(=O)NC(C)c1ccco1. The third-order valence-corrected chi connectivity index (χ3v) is 4.89. The van der Waals surface area contributed by atoms with Gasteiger partial charge < -0.3 is 10.2 Å². The quantitative estimate of drug-likeness (QED) is 0.884. The van der Waals surface area contributed by atoms with Crippen LogP contribution in [0.25, 0.3) is 0 Å². The van der Waals surface area contributed by atoms with Crippen molar-refractivity contribution in [1.82, 2.24) is 4.72 Å². The molecule has 0 bridgehead atoms. The van der Waals surface area contributed by atoms with Gasteiger partial charge in [0.25, 0.3) is 0 Å². The summed E-state index contributed by atoms with van der Waals surface area (Å²) in [6, 6.07) is 8.12. The highest BCUT2D eigenvalue weighted by Crippen LogP contribution is 2.21. The first-order chi connectivity index (χ1) is 9.45. The Bertz CT molecular complexity index is 678. The van der Waals surface area contributed by atoms with E-state index in [-0.39, 0.29) is 4.90 Å². The summed E-state index contributed by atoms with van der Waals surface area (Å²) in [5.74, 6) is 0.571. The molecule has 0 aliphatic rings. The highest BCUT2D eigenvalue weighted by molar-refractivity contribution is 7.89. The second-order valence-corrected chi connectivity index (χ2v) is 6.29. The first-order valence-corrected chi connectivity index (χ1v) is 7.78. The van der Waals surface area contributed by atoms with Crippen LogP contribution in [0.4, 0.5) is 0 Å². The van der Waals surface area contributed by atoms with Crippen LogP contribution in [0.3, 0.4) is 0 Å². The maximum Gasteiger partial charge on any atom is 0.241 e. The summed E-state index contributed by atoms with van der Waals surface area (Å²) in [7, 11) is -3.61. The summed E-state index contributed by atoms with van der Waals surface area (Å²) in [6.45, 7) is 3.80. The Labute approximate surface area is 118 Å². The lowest BCUT2D eigenvalue weighted by Gasteiger charge is -2.15. The maximum absolute atomic E-state index is 12.4. The van der Waals surface area contributed by atoms with E-state index < -0.39 is 16.1 Å². The summed E-state index contributed by atoms with van der Waals surface area (Å²) in [6.07, 6.45) is 1.51. The van der Waals surface area contributed by atoms with Gasteiger partial charge in [0.1, 0.15) is 5.76 Å². The molecule has 2 aromatic rings. The van der Waals surface area contributed by atoms with Crippen molar-refractivity contribution in [3.05, 3.63) is 53.5 Å².